The minimum absolute atomic E-state index is 0.0586. The Kier molecular flexibility index (Phi) is 3.49. The number of carbonyl (C=O) groups is 1. The van der Waals surface area contributed by atoms with Crippen molar-refractivity contribution < 1.29 is 9.53 Å². The van der Waals surface area contributed by atoms with Gasteiger partial charge in [0.05, 0.1) is 5.03 Å². The van der Waals surface area contributed by atoms with Gasteiger partial charge in [0, 0.05) is 4.86 Å². The van der Waals surface area contributed by atoms with E-state index in [1.165, 1.54) is 0 Å². The third-order valence-corrected chi connectivity index (χ3v) is 3.80. The van der Waals surface area contributed by atoms with Crippen LogP contribution in [0.5, 0.6) is 0 Å². The summed E-state index contributed by atoms with van der Waals surface area (Å²) in [4.78, 5) is 11.6. The first kappa shape index (κ1) is 12.9. The molecule has 0 aromatic carbocycles. The molecule has 84 valence electrons. The van der Waals surface area contributed by atoms with E-state index >= 15 is 0 Å². The topological polar surface area (TPSA) is 29.6 Å². The van der Waals surface area contributed by atoms with Crippen molar-refractivity contribution in [1.29, 1.82) is 0 Å². The fourth-order valence-corrected chi connectivity index (χ4v) is 1.29. The zero-order chi connectivity index (χ0) is 11.9. The first-order chi connectivity index (χ1) is 6.68. The van der Waals surface area contributed by atoms with Crippen LogP contribution in [-0.2, 0) is 9.53 Å². The first-order valence-corrected chi connectivity index (χ1v) is 5.66. The maximum absolute atomic E-state index is 10.8. The van der Waals surface area contributed by atoms with Gasteiger partial charge in [0.2, 0.25) is 0 Å². The van der Waals surface area contributed by atoms with E-state index in [1.54, 1.807) is 6.08 Å². The molecule has 0 radical (unpaired) electrons. The molecule has 5 heteroatoms. The van der Waals surface area contributed by atoms with Gasteiger partial charge >= 0.3 is 11.0 Å². The zero-order valence-electron chi connectivity index (χ0n) is 8.77. The monoisotopic (exact) mass is 266 g/mol. The summed E-state index contributed by atoms with van der Waals surface area (Å²) >= 11 is 16.8. The van der Waals surface area contributed by atoms with Crippen LogP contribution in [0.3, 0.4) is 0 Å². The highest BCUT2D eigenvalue weighted by Crippen LogP contribution is 2.43. The predicted octanol–water partition coefficient (Wildman–Crippen LogP) is 3.41. The lowest BCUT2D eigenvalue weighted by Crippen LogP contribution is -2.17. The van der Waals surface area contributed by atoms with E-state index in [0.29, 0.717) is 6.42 Å². The number of thiocarbonyl (C=S) groups is 1. The van der Waals surface area contributed by atoms with E-state index in [4.69, 9.17) is 35.4 Å². The Morgan fingerprint density at radius 1 is 1.60 bits per heavy atom. The Balaban J connectivity index is 2.60. The number of hydrogen-bond acceptors (Lipinski definition) is 3. The van der Waals surface area contributed by atoms with Crippen LogP contribution < -0.4 is 0 Å². The Hall–Kier alpha value is -0.120. The molecule has 0 aromatic rings. The number of rotatable bonds is 3. The molecule has 0 aliphatic carbocycles. The van der Waals surface area contributed by atoms with Gasteiger partial charge in [-0.1, -0.05) is 62.3 Å². The number of allylic oxidation sites excluding steroid dienone is 1. The minimum atomic E-state index is -1.42. The number of halogens is 2. The van der Waals surface area contributed by atoms with Gasteiger partial charge in [0.25, 0.3) is 0 Å². The van der Waals surface area contributed by atoms with E-state index < -0.39 is 11.0 Å². The van der Waals surface area contributed by atoms with Crippen LogP contribution in [0.1, 0.15) is 27.2 Å². The van der Waals surface area contributed by atoms with Crippen molar-refractivity contribution in [2.24, 2.45) is 5.41 Å². The molecule has 0 N–H and O–H groups in total. The lowest BCUT2D eigenvalue weighted by molar-refractivity contribution is -0.117. The fourth-order valence-electron chi connectivity index (χ4n) is 0.868. The van der Waals surface area contributed by atoms with Crippen LogP contribution in [-0.4, -0.2) is 15.9 Å². The molecule has 0 amide bonds. The summed E-state index contributed by atoms with van der Waals surface area (Å²) in [5.74, 6) is -0.507. The van der Waals surface area contributed by atoms with Gasteiger partial charge in [-0.3, -0.25) is 0 Å². The number of alkyl halides is 1. The van der Waals surface area contributed by atoms with Crippen LogP contribution in [0.25, 0.3) is 0 Å². The average Bonchev–Trinajstić information content (AvgIpc) is 2.69. The molecule has 1 fully saturated rings. The molecule has 0 aromatic heterocycles. The molecule has 15 heavy (non-hydrogen) atoms. The molecule has 1 unspecified atom stereocenters. The highest BCUT2D eigenvalue weighted by Gasteiger charge is 2.59. The van der Waals surface area contributed by atoms with Crippen LogP contribution in [0, 0.1) is 5.41 Å². The SMILES string of the molecule is CC(C)(C)C(=S)CC=C(Cl)C1(Cl)OC1=O. The van der Waals surface area contributed by atoms with Crippen LogP contribution in [0.4, 0.5) is 0 Å². The van der Waals surface area contributed by atoms with Gasteiger partial charge in [-0.15, -0.1) is 0 Å². The average molecular weight is 267 g/mol. The fraction of sp³-hybridized carbons (Fsp3) is 0.600. The zero-order valence-corrected chi connectivity index (χ0v) is 11.1. The van der Waals surface area contributed by atoms with Crippen molar-refractivity contribution in [1.82, 2.24) is 0 Å². The van der Waals surface area contributed by atoms with Crippen molar-refractivity contribution in [3.8, 4) is 0 Å². The Labute approximate surface area is 105 Å². The third kappa shape index (κ3) is 2.92. The summed E-state index contributed by atoms with van der Waals surface area (Å²) in [5.41, 5.74) is -0.0586. The standard InChI is InChI=1S/C10H12Cl2O2S/c1-9(2,3)7(15)5-4-6(11)10(12)8(13)14-10/h4H,5H2,1-3H3. The smallest absolute Gasteiger partial charge is 0.375 e. The number of ether oxygens (including phenoxy) is 1. The van der Waals surface area contributed by atoms with Gasteiger partial charge in [-0.25, -0.2) is 4.79 Å². The van der Waals surface area contributed by atoms with Crippen molar-refractivity contribution in [2.45, 2.75) is 32.3 Å². The van der Waals surface area contributed by atoms with Crippen molar-refractivity contribution in [2.75, 3.05) is 0 Å². The molecule has 0 bridgehead atoms. The second kappa shape index (κ2) is 4.04. The Morgan fingerprint density at radius 2 is 2.07 bits per heavy atom. The Bertz CT molecular complexity index is 344. The lowest BCUT2D eigenvalue weighted by atomic mass is 9.90. The molecule has 1 heterocycles. The maximum atomic E-state index is 10.8. The highest BCUT2D eigenvalue weighted by atomic mass is 35.5. The van der Waals surface area contributed by atoms with Crippen molar-refractivity contribution in [3.63, 3.8) is 0 Å². The van der Waals surface area contributed by atoms with Gasteiger partial charge in [0.15, 0.2) is 0 Å². The summed E-state index contributed by atoms with van der Waals surface area (Å²) < 4.78 is 4.57. The summed E-state index contributed by atoms with van der Waals surface area (Å²) in [6.07, 6.45) is 2.15. The van der Waals surface area contributed by atoms with Gasteiger partial charge in [0.1, 0.15) is 0 Å². The van der Waals surface area contributed by atoms with E-state index in [0.717, 1.165) is 4.86 Å². The van der Waals surface area contributed by atoms with Crippen LogP contribution in [0.2, 0.25) is 0 Å². The summed E-state index contributed by atoms with van der Waals surface area (Å²) in [6.45, 7) is 6.06. The van der Waals surface area contributed by atoms with Crippen molar-refractivity contribution >= 4 is 46.3 Å². The largest absolute Gasteiger partial charge is 0.422 e. The van der Waals surface area contributed by atoms with Gasteiger partial charge in [-0.2, -0.15) is 0 Å². The molecule has 1 aliphatic heterocycles. The van der Waals surface area contributed by atoms with Crippen LogP contribution in [0.15, 0.2) is 11.1 Å². The molecule has 1 aliphatic rings. The minimum Gasteiger partial charge on any atom is -0.422 e. The number of carbonyl (C=O) groups excluding carboxylic acids is 1. The quantitative estimate of drug-likeness (QED) is 0.446. The van der Waals surface area contributed by atoms with Gasteiger partial charge in [-0.05, 0) is 11.8 Å². The van der Waals surface area contributed by atoms with E-state index in [1.807, 2.05) is 20.8 Å². The molecule has 1 saturated heterocycles. The third-order valence-electron chi connectivity index (χ3n) is 2.06. The molecule has 1 atom stereocenters. The molecule has 0 spiro atoms. The highest BCUT2D eigenvalue weighted by molar-refractivity contribution is 7.80. The predicted molar refractivity (Wildman–Crippen MR) is 65.3 cm³/mol. The van der Waals surface area contributed by atoms with Gasteiger partial charge < -0.3 is 4.74 Å². The van der Waals surface area contributed by atoms with Crippen LogP contribution >= 0.6 is 35.4 Å². The Morgan fingerprint density at radius 3 is 2.40 bits per heavy atom. The summed E-state index contributed by atoms with van der Waals surface area (Å²) in [7, 11) is 0. The van der Waals surface area contributed by atoms with E-state index in [9.17, 15) is 4.79 Å². The molecular weight excluding hydrogens is 255 g/mol. The molecule has 2 nitrogen and oxygen atoms in total. The summed E-state index contributed by atoms with van der Waals surface area (Å²) in [6, 6.07) is 0. The second-order valence-electron chi connectivity index (χ2n) is 4.41. The second-order valence-corrected chi connectivity index (χ2v) is 5.85. The maximum Gasteiger partial charge on any atom is 0.375 e. The number of hydrogen-bond donors (Lipinski definition) is 0. The van der Waals surface area contributed by atoms with Crippen molar-refractivity contribution in [3.05, 3.63) is 11.1 Å². The van der Waals surface area contributed by atoms with E-state index in [2.05, 4.69) is 4.74 Å². The molecule has 0 saturated carbocycles. The number of epoxide rings is 1. The first-order valence-electron chi connectivity index (χ1n) is 4.49. The normalized spacial score (nSPS) is 26.2. The molecule has 1 rings (SSSR count). The molecular formula is C10H12Cl2O2S. The van der Waals surface area contributed by atoms with E-state index in [-0.39, 0.29) is 10.4 Å². The lowest BCUT2D eigenvalue weighted by Gasteiger charge is -2.18. The summed E-state index contributed by atoms with van der Waals surface area (Å²) in [5, 5.41) is -1.23. The number of cyclic esters (lactones) is 1.